The first kappa shape index (κ1) is 18.4. The third-order valence-electron chi connectivity index (χ3n) is 4.29. The van der Waals surface area contributed by atoms with Crippen molar-refractivity contribution in [3.05, 3.63) is 26.6 Å². The minimum atomic E-state index is -0.0143. The van der Waals surface area contributed by atoms with Crippen molar-refractivity contribution >= 4 is 39.2 Å². The van der Waals surface area contributed by atoms with Gasteiger partial charge in [0.2, 0.25) is 5.91 Å². The number of amides is 1. The van der Waals surface area contributed by atoms with Gasteiger partial charge in [-0.05, 0) is 44.2 Å². The maximum atomic E-state index is 12.4. The fourth-order valence-corrected chi connectivity index (χ4v) is 5.11. The van der Waals surface area contributed by atoms with E-state index >= 15 is 0 Å². The fraction of sp³-hybridized carbons (Fsp3) is 0.588. The Balaban J connectivity index is 1.56. The van der Waals surface area contributed by atoms with Crippen LogP contribution in [-0.2, 0) is 23.4 Å². The molecular weight excluding hydrogens is 356 g/mol. The highest BCUT2D eigenvalue weighted by Gasteiger charge is 2.19. The number of carbonyl (C=O) groups is 1. The Hall–Kier alpha value is -1.38. The van der Waals surface area contributed by atoms with Gasteiger partial charge in [-0.2, -0.15) is 11.8 Å². The molecule has 1 aliphatic rings. The molecule has 8 heteroatoms. The molecule has 0 saturated carbocycles. The van der Waals surface area contributed by atoms with Crippen LogP contribution in [-0.4, -0.2) is 34.7 Å². The van der Waals surface area contributed by atoms with Crippen molar-refractivity contribution in [3.63, 3.8) is 0 Å². The van der Waals surface area contributed by atoms with Crippen LogP contribution in [0.5, 0.6) is 0 Å². The third kappa shape index (κ3) is 4.62. The number of carbonyl (C=O) groups excluding carboxylic acids is 1. The predicted octanol–water partition coefficient (Wildman–Crippen LogP) is 1.95. The van der Waals surface area contributed by atoms with Gasteiger partial charge in [-0.15, -0.1) is 11.3 Å². The maximum Gasteiger partial charge on any atom is 0.259 e. The second-order valence-corrected chi connectivity index (χ2v) is 8.39. The molecule has 1 amide bonds. The molecule has 0 atom stereocenters. The summed E-state index contributed by atoms with van der Waals surface area (Å²) < 4.78 is 0. The number of aromatic nitrogens is 2. The van der Waals surface area contributed by atoms with E-state index in [0.717, 1.165) is 35.9 Å². The van der Waals surface area contributed by atoms with Crippen molar-refractivity contribution in [1.82, 2.24) is 15.3 Å². The molecule has 6 nitrogen and oxygen atoms in total. The van der Waals surface area contributed by atoms with Gasteiger partial charge >= 0.3 is 0 Å². The average Bonchev–Trinajstić information content (AvgIpc) is 2.98. The highest BCUT2D eigenvalue weighted by Crippen LogP contribution is 2.33. The van der Waals surface area contributed by atoms with Crippen molar-refractivity contribution in [2.24, 2.45) is 5.73 Å². The second-order valence-electron chi connectivity index (χ2n) is 6.20. The molecule has 0 fully saturated rings. The molecule has 1 aliphatic carbocycles. The standard InChI is InChI=1S/C17H24N4O2S2/c18-7-3-8-19-14(22)6-9-24-10-13-20-16(23)15-11-4-1-2-5-12(11)25-17(15)21-13/h1-10,18H2,(H,19,22)(H,20,21,23). The van der Waals surface area contributed by atoms with E-state index in [9.17, 15) is 9.59 Å². The molecule has 4 N–H and O–H groups in total. The van der Waals surface area contributed by atoms with Gasteiger partial charge in [0.1, 0.15) is 10.7 Å². The highest BCUT2D eigenvalue weighted by atomic mass is 32.2. The number of aromatic amines is 1. The molecule has 3 rings (SSSR count). The molecule has 0 bridgehead atoms. The monoisotopic (exact) mass is 380 g/mol. The lowest BCUT2D eigenvalue weighted by molar-refractivity contribution is -0.120. The smallest absolute Gasteiger partial charge is 0.259 e. The Morgan fingerprint density at radius 2 is 2.20 bits per heavy atom. The van der Waals surface area contributed by atoms with Crippen molar-refractivity contribution < 1.29 is 4.79 Å². The number of thiophene rings is 1. The van der Waals surface area contributed by atoms with Gasteiger partial charge in [-0.3, -0.25) is 9.59 Å². The summed E-state index contributed by atoms with van der Waals surface area (Å²) in [6, 6.07) is 0. The topological polar surface area (TPSA) is 101 Å². The molecule has 0 spiro atoms. The number of nitrogens with zero attached hydrogens (tertiary/aromatic N) is 1. The van der Waals surface area contributed by atoms with E-state index in [4.69, 9.17) is 5.73 Å². The van der Waals surface area contributed by atoms with Crippen LogP contribution in [0.25, 0.3) is 10.2 Å². The Morgan fingerprint density at radius 1 is 1.36 bits per heavy atom. The van der Waals surface area contributed by atoms with Crippen LogP contribution in [0.2, 0.25) is 0 Å². The number of hydrogen-bond acceptors (Lipinski definition) is 6. The van der Waals surface area contributed by atoms with E-state index < -0.39 is 0 Å². The van der Waals surface area contributed by atoms with Crippen LogP contribution in [0.15, 0.2) is 4.79 Å². The summed E-state index contributed by atoms with van der Waals surface area (Å²) in [7, 11) is 0. The molecule has 2 aromatic heterocycles. The summed E-state index contributed by atoms with van der Waals surface area (Å²) in [6.07, 6.45) is 5.69. The van der Waals surface area contributed by atoms with Gasteiger partial charge in [0.05, 0.1) is 11.1 Å². The molecule has 136 valence electrons. The van der Waals surface area contributed by atoms with E-state index in [2.05, 4.69) is 15.3 Å². The van der Waals surface area contributed by atoms with Crippen molar-refractivity contribution in [1.29, 1.82) is 0 Å². The van der Waals surface area contributed by atoms with Crippen LogP contribution in [0, 0.1) is 0 Å². The molecule has 0 aliphatic heterocycles. The summed E-state index contributed by atoms with van der Waals surface area (Å²) in [6.45, 7) is 1.22. The van der Waals surface area contributed by atoms with Gasteiger partial charge in [0, 0.05) is 23.6 Å². The van der Waals surface area contributed by atoms with E-state index in [1.165, 1.54) is 16.9 Å². The number of hydrogen-bond donors (Lipinski definition) is 3. The summed E-state index contributed by atoms with van der Waals surface area (Å²) in [5, 5.41) is 3.64. The zero-order valence-corrected chi connectivity index (χ0v) is 15.9. The molecule has 2 aromatic rings. The second kappa shape index (κ2) is 8.82. The normalized spacial score (nSPS) is 13.8. The van der Waals surface area contributed by atoms with Crippen molar-refractivity contribution in [3.8, 4) is 0 Å². The molecule has 2 heterocycles. The van der Waals surface area contributed by atoms with Crippen molar-refractivity contribution in [2.75, 3.05) is 18.8 Å². The van der Waals surface area contributed by atoms with Crippen LogP contribution in [0.4, 0.5) is 0 Å². The van der Waals surface area contributed by atoms with Crippen molar-refractivity contribution in [2.45, 2.75) is 44.3 Å². The summed E-state index contributed by atoms with van der Waals surface area (Å²) in [5.41, 5.74) is 6.60. The third-order valence-corrected chi connectivity index (χ3v) is 6.45. The van der Waals surface area contributed by atoms with Crippen LogP contribution < -0.4 is 16.6 Å². The Kier molecular flexibility index (Phi) is 6.50. The lowest BCUT2D eigenvalue weighted by Crippen LogP contribution is -2.26. The molecule has 25 heavy (non-hydrogen) atoms. The van der Waals surface area contributed by atoms with E-state index in [0.29, 0.717) is 36.8 Å². The zero-order valence-electron chi connectivity index (χ0n) is 14.2. The van der Waals surface area contributed by atoms with Gasteiger partial charge in [-0.25, -0.2) is 4.98 Å². The largest absolute Gasteiger partial charge is 0.356 e. The molecular formula is C17H24N4O2S2. The number of nitrogens with two attached hydrogens (primary N) is 1. The van der Waals surface area contributed by atoms with E-state index in [1.807, 2.05) is 0 Å². The Bertz CT molecular complexity index is 800. The first-order valence-electron chi connectivity index (χ1n) is 8.77. The fourth-order valence-electron chi connectivity index (χ4n) is 3.03. The Morgan fingerprint density at radius 3 is 3.04 bits per heavy atom. The summed E-state index contributed by atoms with van der Waals surface area (Å²) in [4.78, 5) is 33.8. The minimum absolute atomic E-state index is 0.0143. The number of thioether (sulfide) groups is 1. The lowest BCUT2D eigenvalue weighted by atomic mass is 9.97. The SMILES string of the molecule is NCCCNC(=O)CCSCc1nc2sc3c(c2c(=O)[nH]1)CCCC3. The van der Waals surface area contributed by atoms with Gasteiger partial charge in [0.15, 0.2) is 0 Å². The maximum absolute atomic E-state index is 12.4. The van der Waals surface area contributed by atoms with Gasteiger partial charge in [0.25, 0.3) is 5.56 Å². The number of rotatable bonds is 8. The van der Waals surface area contributed by atoms with E-state index in [1.54, 1.807) is 23.1 Å². The van der Waals surface area contributed by atoms with Crippen LogP contribution >= 0.6 is 23.1 Å². The number of fused-ring (bicyclic) bond motifs is 3. The number of nitrogens with one attached hydrogen (secondary N) is 2. The van der Waals surface area contributed by atoms with Gasteiger partial charge in [-0.1, -0.05) is 0 Å². The minimum Gasteiger partial charge on any atom is -0.356 e. The molecule has 0 unspecified atom stereocenters. The number of aryl methyl sites for hydroxylation is 2. The van der Waals surface area contributed by atoms with Gasteiger partial charge < -0.3 is 16.0 Å². The first-order valence-corrected chi connectivity index (χ1v) is 10.7. The summed E-state index contributed by atoms with van der Waals surface area (Å²) in [5.74, 6) is 2.06. The average molecular weight is 381 g/mol. The molecule has 0 saturated heterocycles. The number of H-pyrrole nitrogens is 1. The molecule has 0 radical (unpaired) electrons. The van der Waals surface area contributed by atoms with Crippen LogP contribution in [0.1, 0.15) is 41.9 Å². The lowest BCUT2D eigenvalue weighted by Gasteiger charge is -2.09. The quantitative estimate of drug-likeness (QED) is 0.608. The Labute approximate surface area is 155 Å². The zero-order chi connectivity index (χ0) is 17.6. The molecule has 0 aromatic carbocycles. The van der Waals surface area contributed by atoms with E-state index in [-0.39, 0.29) is 11.5 Å². The first-order chi connectivity index (χ1) is 12.2. The van der Waals surface area contributed by atoms with Crippen LogP contribution in [0.3, 0.4) is 0 Å². The summed E-state index contributed by atoms with van der Waals surface area (Å²) >= 11 is 3.28. The predicted molar refractivity (Wildman–Crippen MR) is 104 cm³/mol. The highest BCUT2D eigenvalue weighted by molar-refractivity contribution is 7.98.